The number of carbonyl (C=O) groups excluding carboxylic acids is 4. The molecule has 0 spiro atoms. The molecule has 2 aliphatic rings. The Balaban J connectivity index is 1.30. The quantitative estimate of drug-likeness (QED) is 0.241. The molecule has 2 aliphatic heterocycles. The van der Waals surface area contributed by atoms with E-state index >= 15 is 0 Å². The summed E-state index contributed by atoms with van der Waals surface area (Å²) in [5, 5.41) is 3.61. The normalized spacial score (nSPS) is 14.0. The largest absolute Gasteiger partial charge is 0.454 e. The molecule has 0 aliphatic carbocycles. The smallest absolute Gasteiger partial charge is 0.299 e. The van der Waals surface area contributed by atoms with Crippen LogP contribution in [0.3, 0.4) is 0 Å². The van der Waals surface area contributed by atoms with Gasteiger partial charge in [0.25, 0.3) is 17.6 Å². The van der Waals surface area contributed by atoms with Gasteiger partial charge in [-0.05, 0) is 48.0 Å². The fourth-order valence-corrected chi connectivity index (χ4v) is 5.70. The lowest BCUT2D eigenvalue weighted by molar-refractivity contribution is -0.139. The first kappa shape index (κ1) is 27.8. The molecular weight excluding hydrogens is 579 g/mol. The van der Waals surface area contributed by atoms with Gasteiger partial charge in [-0.25, -0.2) is 4.39 Å². The summed E-state index contributed by atoms with van der Waals surface area (Å²) in [6, 6.07) is 23.1. The predicted molar refractivity (Wildman–Crippen MR) is 162 cm³/mol. The van der Waals surface area contributed by atoms with Gasteiger partial charge in [0.1, 0.15) is 18.4 Å². The number of nitrogens with one attached hydrogen (secondary N) is 2. The van der Waals surface area contributed by atoms with E-state index in [9.17, 15) is 23.6 Å². The Labute approximate surface area is 256 Å². The van der Waals surface area contributed by atoms with E-state index in [1.807, 2.05) is 24.3 Å². The number of para-hydroxylation sites is 2. The van der Waals surface area contributed by atoms with Gasteiger partial charge >= 0.3 is 0 Å². The summed E-state index contributed by atoms with van der Waals surface area (Å²) >= 11 is 0. The number of nitrogens with zero attached hydrogens (tertiary/aromatic N) is 2. The van der Waals surface area contributed by atoms with Gasteiger partial charge in [-0.3, -0.25) is 24.1 Å². The first-order valence-electron chi connectivity index (χ1n) is 14.1. The summed E-state index contributed by atoms with van der Waals surface area (Å²) in [6.45, 7) is -0.542. The van der Waals surface area contributed by atoms with E-state index in [0.29, 0.717) is 39.4 Å². The first-order valence-corrected chi connectivity index (χ1v) is 14.1. The topological polar surface area (TPSA) is 121 Å². The van der Waals surface area contributed by atoms with Crippen LogP contribution in [0.2, 0.25) is 0 Å². The number of H-pyrrole nitrogens is 1. The molecule has 2 N–H and O–H groups in total. The molecular formula is C34H25FN4O6. The molecule has 3 amide bonds. The highest BCUT2D eigenvalue weighted by atomic mass is 19.1. The molecule has 1 unspecified atom stereocenters. The van der Waals surface area contributed by atoms with Crippen LogP contribution in [0.25, 0.3) is 10.9 Å². The van der Waals surface area contributed by atoms with E-state index < -0.39 is 41.9 Å². The van der Waals surface area contributed by atoms with Gasteiger partial charge < -0.3 is 24.7 Å². The van der Waals surface area contributed by atoms with Crippen LogP contribution >= 0.6 is 0 Å². The van der Waals surface area contributed by atoms with Gasteiger partial charge in [-0.15, -0.1) is 0 Å². The van der Waals surface area contributed by atoms with Crippen LogP contribution in [-0.4, -0.2) is 46.7 Å². The number of anilines is 2. The van der Waals surface area contributed by atoms with Gasteiger partial charge in [0.05, 0.1) is 11.3 Å². The van der Waals surface area contributed by atoms with Crippen LogP contribution in [0.4, 0.5) is 15.8 Å². The van der Waals surface area contributed by atoms with Crippen molar-refractivity contribution < 1.29 is 33.0 Å². The lowest BCUT2D eigenvalue weighted by atomic mass is 10.0. The molecule has 1 aromatic heterocycles. The predicted octanol–water partition coefficient (Wildman–Crippen LogP) is 4.97. The van der Waals surface area contributed by atoms with Crippen molar-refractivity contribution in [2.75, 3.05) is 23.6 Å². The van der Waals surface area contributed by atoms with Crippen LogP contribution in [-0.2, 0) is 20.9 Å². The minimum Gasteiger partial charge on any atom is -0.454 e. The number of ketones is 1. The molecule has 11 heteroatoms. The SMILES string of the molecule is O=C1C(=O)N(CC(=O)N(Cc2ccc(F)cc2)C(C(=O)Nc2ccc3c(c2)OCO3)c2c[nH]c3ccccc23)c2ccccc21. The second-order valence-electron chi connectivity index (χ2n) is 10.6. The fourth-order valence-electron chi connectivity index (χ4n) is 5.70. The lowest BCUT2D eigenvalue weighted by Crippen LogP contribution is -2.46. The number of ether oxygens (including phenoxy) is 2. The van der Waals surface area contributed by atoms with Crippen molar-refractivity contribution in [1.29, 1.82) is 0 Å². The highest BCUT2D eigenvalue weighted by molar-refractivity contribution is 6.52. The van der Waals surface area contributed by atoms with Gasteiger partial charge in [-0.2, -0.15) is 0 Å². The van der Waals surface area contributed by atoms with E-state index in [2.05, 4.69) is 10.3 Å². The molecule has 5 aromatic rings. The lowest BCUT2D eigenvalue weighted by Gasteiger charge is -2.32. The van der Waals surface area contributed by atoms with E-state index in [4.69, 9.17) is 9.47 Å². The Morgan fingerprint density at radius 2 is 1.69 bits per heavy atom. The maximum atomic E-state index is 14.3. The monoisotopic (exact) mass is 604 g/mol. The Hall–Kier alpha value is -5.97. The number of Topliss-reactive ketones (excluding diaryl/α,β-unsaturated/α-hetero) is 1. The Kier molecular flexibility index (Phi) is 6.97. The van der Waals surface area contributed by atoms with Crippen LogP contribution in [0.5, 0.6) is 11.5 Å². The highest BCUT2D eigenvalue weighted by Gasteiger charge is 2.40. The molecule has 0 radical (unpaired) electrons. The molecule has 0 saturated heterocycles. The molecule has 4 aromatic carbocycles. The Bertz CT molecular complexity index is 1990. The minimum atomic E-state index is -1.22. The molecule has 45 heavy (non-hydrogen) atoms. The summed E-state index contributed by atoms with van der Waals surface area (Å²) in [7, 11) is 0. The summed E-state index contributed by atoms with van der Waals surface area (Å²) < 4.78 is 24.7. The second-order valence-corrected chi connectivity index (χ2v) is 10.6. The number of carbonyl (C=O) groups is 4. The zero-order valence-electron chi connectivity index (χ0n) is 23.7. The third kappa shape index (κ3) is 5.14. The summed E-state index contributed by atoms with van der Waals surface area (Å²) in [5.41, 5.74) is 2.73. The van der Waals surface area contributed by atoms with Crippen LogP contribution in [0.15, 0.2) is 97.2 Å². The van der Waals surface area contributed by atoms with Crippen molar-refractivity contribution in [3.63, 3.8) is 0 Å². The number of fused-ring (bicyclic) bond motifs is 3. The van der Waals surface area contributed by atoms with Crippen LogP contribution < -0.4 is 19.7 Å². The van der Waals surface area contributed by atoms with Gasteiger partial charge in [-0.1, -0.05) is 42.5 Å². The minimum absolute atomic E-state index is 0.0610. The van der Waals surface area contributed by atoms with E-state index in [1.54, 1.807) is 42.6 Å². The molecule has 10 nitrogen and oxygen atoms in total. The zero-order valence-corrected chi connectivity index (χ0v) is 23.7. The summed E-state index contributed by atoms with van der Waals surface area (Å²) in [4.78, 5) is 60.0. The third-order valence-corrected chi connectivity index (χ3v) is 7.87. The average molecular weight is 605 g/mol. The Morgan fingerprint density at radius 3 is 2.53 bits per heavy atom. The fraction of sp³-hybridized carbons (Fsp3) is 0.118. The number of aromatic amines is 1. The van der Waals surface area contributed by atoms with E-state index in [1.165, 1.54) is 35.2 Å². The van der Waals surface area contributed by atoms with E-state index in [-0.39, 0.29) is 18.9 Å². The number of aromatic nitrogens is 1. The van der Waals surface area contributed by atoms with Crippen molar-refractivity contribution >= 4 is 45.8 Å². The maximum Gasteiger partial charge on any atom is 0.299 e. The molecule has 224 valence electrons. The van der Waals surface area contributed by atoms with Crippen LogP contribution in [0.1, 0.15) is 27.5 Å². The number of hydrogen-bond acceptors (Lipinski definition) is 6. The van der Waals surface area contributed by atoms with Crippen molar-refractivity contribution in [2.45, 2.75) is 12.6 Å². The van der Waals surface area contributed by atoms with E-state index in [0.717, 1.165) is 10.4 Å². The van der Waals surface area contributed by atoms with Crippen molar-refractivity contribution in [3.8, 4) is 11.5 Å². The van der Waals surface area contributed by atoms with Gasteiger partial charge in [0, 0.05) is 41.0 Å². The van der Waals surface area contributed by atoms with Crippen molar-refractivity contribution in [1.82, 2.24) is 9.88 Å². The first-order chi connectivity index (χ1) is 21.9. The molecule has 3 heterocycles. The number of amides is 3. The van der Waals surface area contributed by atoms with Gasteiger partial charge in [0.2, 0.25) is 12.7 Å². The second kappa shape index (κ2) is 11.3. The molecule has 7 rings (SSSR count). The van der Waals surface area contributed by atoms with Gasteiger partial charge in [0.15, 0.2) is 11.5 Å². The number of hydrogen-bond donors (Lipinski definition) is 2. The summed E-state index contributed by atoms with van der Waals surface area (Å²) in [6.07, 6.45) is 1.67. The molecule has 0 saturated carbocycles. The molecule has 0 bridgehead atoms. The molecule has 1 atom stereocenters. The third-order valence-electron chi connectivity index (χ3n) is 7.87. The number of rotatable bonds is 8. The summed E-state index contributed by atoms with van der Waals surface area (Å²) in [5.74, 6) is -2.14. The average Bonchev–Trinajstić information content (AvgIpc) is 3.76. The highest BCUT2D eigenvalue weighted by Crippen LogP contribution is 2.36. The van der Waals surface area contributed by atoms with Crippen molar-refractivity contribution in [2.24, 2.45) is 0 Å². The number of halogens is 1. The van der Waals surface area contributed by atoms with Crippen LogP contribution in [0, 0.1) is 5.82 Å². The molecule has 0 fully saturated rings. The zero-order chi connectivity index (χ0) is 31.1. The van der Waals surface area contributed by atoms with Crippen molar-refractivity contribution in [3.05, 3.63) is 120 Å². The Morgan fingerprint density at radius 1 is 0.933 bits per heavy atom. The number of benzene rings is 4. The standard InChI is InChI=1S/C34H25FN4O6/c35-21-11-9-20(10-12-21)17-39(30(40)18-38-27-8-4-2-6-24(27)32(41)34(38)43)31(25-16-36-26-7-3-1-5-23(25)26)33(42)37-22-13-14-28-29(15-22)45-19-44-28/h1-16,31,36H,17-19H2,(H,37,42). The maximum absolute atomic E-state index is 14.3.